The van der Waals surface area contributed by atoms with Crippen molar-refractivity contribution in [2.24, 2.45) is 5.14 Å². The first-order valence-electron chi connectivity index (χ1n) is 3.24. The van der Waals surface area contributed by atoms with Crippen LogP contribution in [0.4, 0.5) is 14.5 Å². The van der Waals surface area contributed by atoms with Gasteiger partial charge in [0.1, 0.15) is 11.6 Å². The minimum atomic E-state index is -4.10. The third-order valence-electron chi connectivity index (χ3n) is 1.26. The van der Waals surface area contributed by atoms with Crippen molar-refractivity contribution in [3.63, 3.8) is 0 Å². The molecule has 0 spiro atoms. The zero-order chi connectivity index (χ0) is 10.9. The summed E-state index contributed by atoms with van der Waals surface area (Å²) >= 11 is 2.74. The maximum Gasteiger partial charge on any atom is 0.296 e. The van der Waals surface area contributed by atoms with E-state index in [0.717, 1.165) is 6.07 Å². The van der Waals surface area contributed by atoms with Crippen LogP contribution in [0.15, 0.2) is 16.6 Å². The summed E-state index contributed by atoms with van der Waals surface area (Å²) < 4.78 is 48.4. The van der Waals surface area contributed by atoms with Crippen molar-refractivity contribution in [3.8, 4) is 0 Å². The fourth-order valence-corrected chi connectivity index (χ4v) is 1.53. The van der Waals surface area contributed by atoms with Crippen molar-refractivity contribution in [1.29, 1.82) is 0 Å². The molecule has 1 rings (SSSR count). The third kappa shape index (κ3) is 2.89. The largest absolute Gasteiger partial charge is 0.296 e. The Morgan fingerprint density at radius 1 is 1.29 bits per heavy atom. The molecule has 0 fully saturated rings. The van der Waals surface area contributed by atoms with Crippen LogP contribution in [0.25, 0.3) is 0 Å². The van der Waals surface area contributed by atoms with Crippen LogP contribution < -0.4 is 9.86 Å². The van der Waals surface area contributed by atoms with Crippen LogP contribution in [-0.2, 0) is 10.2 Å². The first kappa shape index (κ1) is 11.3. The molecule has 0 heterocycles. The number of hydrogen-bond donors (Lipinski definition) is 2. The highest BCUT2D eigenvalue weighted by molar-refractivity contribution is 9.10. The fourth-order valence-electron chi connectivity index (χ4n) is 0.754. The fraction of sp³-hybridized carbons (Fsp3) is 0. The summed E-state index contributed by atoms with van der Waals surface area (Å²) in [7, 11) is -4.10. The van der Waals surface area contributed by atoms with E-state index in [4.69, 9.17) is 0 Å². The van der Waals surface area contributed by atoms with Gasteiger partial charge in [0.25, 0.3) is 10.2 Å². The lowest BCUT2D eigenvalue weighted by atomic mass is 10.3. The van der Waals surface area contributed by atoms with Crippen LogP contribution in [0.5, 0.6) is 0 Å². The van der Waals surface area contributed by atoms with E-state index in [0.29, 0.717) is 6.07 Å². The van der Waals surface area contributed by atoms with Gasteiger partial charge in [-0.2, -0.15) is 8.42 Å². The Kier molecular flexibility index (Phi) is 3.07. The molecule has 0 aliphatic heterocycles. The minimum Gasteiger partial charge on any atom is -0.268 e. The lowest BCUT2D eigenvalue weighted by Gasteiger charge is -2.05. The number of anilines is 1. The van der Waals surface area contributed by atoms with Gasteiger partial charge in [-0.1, -0.05) is 0 Å². The lowest BCUT2D eigenvalue weighted by Crippen LogP contribution is -2.22. The van der Waals surface area contributed by atoms with Crippen molar-refractivity contribution >= 4 is 31.8 Å². The summed E-state index contributed by atoms with van der Waals surface area (Å²) in [6, 6.07) is 1.48. The highest BCUT2D eigenvalue weighted by atomic mass is 79.9. The summed E-state index contributed by atoms with van der Waals surface area (Å²) in [6.07, 6.45) is 0. The first-order valence-corrected chi connectivity index (χ1v) is 5.58. The molecule has 0 bridgehead atoms. The Labute approximate surface area is 87.4 Å². The Morgan fingerprint density at radius 3 is 2.36 bits per heavy atom. The van der Waals surface area contributed by atoms with Crippen molar-refractivity contribution in [2.75, 3.05) is 4.72 Å². The van der Waals surface area contributed by atoms with Crippen LogP contribution in [0.2, 0.25) is 0 Å². The highest BCUT2D eigenvalue weighted by Crippen LogP contribution is 2.23. The molecule has 3 N–H and O–H groups in total. The van der Waals surface area contributed by atoms with E-state index in [1.165, 1.54) is 0 Å². The summed E-state index contributed by atoms with van der Waals surface area (Å²) in [6.45, 7) is 0. The molecule has 0 radical (unpaired) electrons. The molecule has 0 saturated heterocycles. The van der Waals surface area contributed by atoms with Gasteiger partial charge < -0.3 is 0 Å². The van der Waals surface area contributed by atoms with Crippen LogP contribution in [-0.4, -0.2) is 8.42 Å². The summed E-state index contributed by atoms with van der Waals surface area (Å²) in [4.78, 5) is 0. The zero-order valence-corrected chi connectivity index (χ0v) is 8.99. The minimum absolute atomic E-state index is 0.102. The van der Waals surface area contributed by atoms with Gasteiger partial charge in [0.05, 0.1) is 10.2 Å². The summed E-state index contributed by atoms with van der Waals surface area (Å²) in [5.74, 6) is -1.72. The molecule has 0 amide bonds. The van der Waals surface area contributed by atoms with Gasteiger partial charge in [-0.3, -0.25) is 4.72 Å². The van der Waals surface area contributed by atoms with E-state index in [-0.39, 0.29) is 4.47 Å². The zero-order valence-electron chi connectivity index (χ0n) is 6.59. The molecule has 4 nitrogen and oxygen atoms in total. The molecule has 14 heavy (non-hydrogen) atoms. The molecule has 0 unspecified atom stereocenters. The normalized spacial score (nSPS) is 11.4. The standard InChI is InChI=1S/C6H5BrF2N2O2S/c7-3-1-5(9)6(2-4(3)8)11-14(10,12)13/h1-2,11H,(H2,10,12,13). The predicted octanol–water partition coefficient (Wildman–Crippen LogP) is 1.34. The Morgan fingerprint density at radius 2 is 1.86 bits per heavy atom. The van der Waals surface area contributed by atoms with Gasteiger partial charge >= 0.3 is 0 Å². The van der Waals surface area contributed by atoms with E-state index in [1.807, 2.05) is 0 Å². The van der Waals surface area contributed by atoms with Gasteiger partial charge in [-0.25, -0.2) is 13.9 Å². The van der Waals surface area contributed by atoms with Crippen LogP contribution in [0.3, 0.4) is 0 Å². The topological polar surface area (TPSA) is 72.2 Å². The van der Waals surface area contributed by atoms with Gasteiger partial charge in [0, 0.05) is 6.07 Å². The van der Waals surface area contributed by atoms with Gasteiger partial charge in [0.2, 0.25) is 0 Å². The maximum atomic E-state index is 13.0. The second-order valence-electron chi connectivity index (χ2n) is 2.39. The molecule has 0 saturated carbocycles. The smallest absolute Gasteiger partial charge is 0.268 e. The molecular formula is C6H5BrF2N2O2S. The molecular weight excluding hydrogens is 282 g/mol. The van der Waals surface area contributed by atoms with Gasteiger partial charge in [0.15, 0.2) is 0 Å². The lowest BCUT2D eigenvalue weighted by molar-refractivity contribution is 0.592. The number of benzene rings is 1. The molecule has 1 aromatic carbocycles. The number of rotatable bonds is 2. The van der Waals surface area contributed by atoms with Gasteiger partial charge in [-0.05, 0) is 22.0 Å². The van der Waals surface area contributed by atoms with E-state index in [2.05, 4.69) is 21.1 Å². The average Bonchev–Trinajstić information content (AvgIpc) is 1.97. The SMILES string of the molecule is NS(=O)(=O)Nc1cc(F)c(Br)cc1F. The molecule has 0 aromatic heterocycles. The van der Waals surface area contributed by atoms with Crippen LogP contribution in [0.1, 0.15) is 0 Å². The monoisotopic (exact) mass is 286 g/mol. The van der Waals surface area contributed by atoms with Crippen molar-refractivity contribution in [3.05, 3.63) is 28.2 Å². The molecule has 0 atom stereocenters. The molecule has 1 aromatic rings. The van der Waals surface area contributed by atoms with Gasteiger partial charge in [-0.15, -0.1) is 0 Å². The van der Waals surface area contributed by atoms with Crippen molar-refractivity contribution in [1.82, 2.24) is 0 Å². The number of hydrogen-bond acceptors (Lipinski definition) is 2. The molecule has 8 heteroatoms. The predicted molar refractivity (Wildman–Crippen MR) is 50.8 cm³/mol. The second-order valence-corrected chi connectivity index (χ2v) is 4.54. The van der Waals surface area contributed by atoms with E-state index < -0.39 is 27.5 Å². The number of nitrogens with one attached hydrogen (secondary N) is 1. The van der Waals surface area contributed by atoms with Crippen LogP contribution >= 0.6 is 15.9 Å². The molecule has 0 aliphatic carbocycles. The average molecular weight is 287 g/mol. The first-order chi connectivity index (χ1) is 6.29. The Hall–Kier alpha value is -0.730. The van der Waals surface area contributed by atoms with Crippen molar-refractivity contribution < 1.29 is 17.2 Å². The molecule has 0 aliphatic rings. The van der Waals surface area contributed by atoms with E-state index in [1.54, 1.807) is 4.72 Å². The Balaban J connectivity index is 3.17. The highest BCUT2D eigenvalue weighted by Gasteiger charge is 2.11. The quantitative estimate of drug-likeness (QED) is 0.806. The van der Waals surface area contributed by atoms with E-state index >= 15 is 0 Å². The molecule has 78 valence electrons. The maximum absolute atomic E-state index is 13.0. The second kappa shape index (κ2) is 3.79. The summed E-state index contributed by atoms with van der Waals surface area (Å²) in [5.41, 5.74) is -0.534. The third-order valence-corrected chi connectivity index (χ3v) is 2.37. The summed E-state index contributed by atoms with van der Waals surface area (Å²) in [5, 5.41) is 4.58. The van der Waals surface area contributed by atoms with E-state index in [9.17, 15) is 17.2 Å². The van der Waals surface area contributed by atoms with Crippen LogP contribution in [0, 0.1) is 11.6 Å². The number of nitrogens with two attached hydrogens (primary N) is 1. The Bertz CT molecular complexity index is 463. The number of halogens is 3. The van der Waals surface area contributed by atoms with Crippen molar-refractivity contribution in [2.45, 2.75) is 0 Å².